The van der Waals surface area contributed by atoms with Gasteiger partial charge in [0, 0.05) is 24.5 Å². The number of carbonyl (C=O) groups is 1. The van der Waals surface area contributed by atoms with Crippen molar-refractivity contribution in [2.24, 2.45) is 0 Å². The molecule has 1 fully saturated rings. The molecule has 0 spiro atoms. The van der Waals surface area contributed by atoms with Crippen LogP contribution in [0, 0.1) is 0 Å². The molecule has 2 heterocycles. The molecule has 4 heteroatoms. The predicted octanol–water partition coefficient (Wildman–Crippen LogP) is 1.49. The van der Waals surface area contributed by atoms with Crippen LogP contribution < -0.4 is 5.32 Å². The number of amides is 2. The first-order chi connectivity index (χ1) is 6.68. The fraction of sp³-hybridized carbons (Fsp3) is 0.500. The molecule has 2 N–H and O–H groups in total. The Labute approximate surface area is 83.3 Å². The van der Waals surface area contributed by atoms with Crippen molar-refractivity contribution in [3.05, 3.63) is 24.0 Å². The molecule has 14 heavy (non-hydrogen) atoms. The highest BCUT2D eigenvalue weighted by atomic mass is 16.2. The van der Waals surface area contributed by atoms with Gasteiger partial charge in [0.1, 0.15) is 0 Å². The first-order valence-electron chi connectivity index (χ1n) is 4.89. The van der Waals surface area contributed by atoms with Crippen LogP contribution in [0.15, 0.2) is 18.3 Å². The van der Waals surface area contributed by atoms with Crippen molar-refractivity contribution in [1.29, 1.82) is 0 Å². The lowest BCUT2D eigenvalue weighted by Gasteiger charge is -2.18. The predicted molar refractivity (Wildman–Crippen MR) is 53.9 cm³/mol. The van der Waals surface area contributed by atoms with Gasteiger partial charge in [0.05, 0.1) is 6.04 Å². The van der Waals surface area contributed by atoms with Gasteiger partial charge in [0.25, 0.3) is 0 Å². The van der Waals surface area contributed by atoms with Crippen LogP contribution in [-0.2, 0) is 0 Å². The van der Waals surface area contributed by atoms with Gasteiger partial charge < -0.3 is 15.2 Å². The van der Waals surface area contributed by atoms with Gasteiger partial charge in [-0.2, -0.15) is 0 Å². The summed E-state index contributed by atoms with van der Waals surface area (Å²) >= 11 is 0. The molecule has 0 aromatic carbocycles. The normalized spacial score (nSPS) is 21.8. The second-order valence-corrected chi connectivity index (χ2v) is 3.87. The highest BCUT2D eigenvalue weighted by Gasteiger charge is 2.31. The minimum absolute atomic E-state index is 0.0274. The molecular formula is C10H15N3O. The summed E-state index contributed by atoms with van der Waals surface area (Å²) in [6.45, 7) is 4.80. The number of carbonyl (C=O) groups excluding carboxylic acids is 1. The van der Waals surface area contributed by atoms with E-state index >= 15 is 0 Å². The van der Waals surface area contributed by atoms with Crippen molar-refractivity contribution in [2.75, 3.05) is 6.54 Å². The van der Waals surface area contributed by atoms with Crippen LogP contribution in [0.1, 0.15) is 25.6 Å². The quantitative estimate of drug-likeness (QED) is 0.734. The van der Waals surface area contributed by atoms with E-state index in [2.05, 4.69) is 10.3 Å². The molecule has 1 aromatic rings. The lowest BCUT2D eigenvalue weighted by Crippen LogP contribution is -2.33. The smallest absolute Gasteiger partial charge is 0.318 e. The van der Waals surface area contributed by atoms with Crippen molar-refractivity contribution >= 4 is 6.03 Å². The van der Waals surface area contributed by atoms with Crippen LogP contribution in [0.4, 0.5) is 4.79 Å². The maximum Gasteiger partial charge on any atom is 0.318 e. The van der Waals surface area contributed by atoms with Crippen molar-refractivity contribution in [1.82, 2.24) is 15.2 Å². The van der Waals surface area contributed by atoms with E-state index in [1.165, 1.54) is 0 Å². The summed E-state index contributed by atoms with van der Waals surface area (Å²) in [4.78, 5) is 16.5. The maximum atomic E-state index is 11.5. The van der Waals surface area contributed by atoms with E-state index in [9.17, 15) is 4.79 Å². The Morgan fingerprint density at radius 2 is 2.36 bits per heavy atom. The second kappa shape index (κ2) is 3.36. The molecule has 1 atom stereocenters. The van der Waals surface area contributed by atoms with Gasteiger partial charge in [0.15, 0.2) is 0 Å². The molecular weight excluding hydrogens is 178 g/mol. The number of aromatic nitrogens is 1. The Hall–Kier alpha value is -1.45. The zero-order chi connectivity index (χ0) is 10.1. The third kappa shape index (κ3) is 1.47. The number of nitrogens with zero attached hydrogens (tertiary/aromatic N) is 1. The summed E-state index contributed by atoms with van der Waals surface area (Å²) in [6.07, 6.45) is 1.87. The monoisotopic (exact) mass is 193 g/mol. The molecule has 4 nitrogen and oxygen atoms in total. The number of hydrogen-bond acceptors (Lipinski definition) is 1. The molecule has 1 aliphatic rings. The first-order valence-corrected chi connectivity index (χ1v) is 4.89. The van der Waals surface area contributed by atoms with Gasteiger partial charge in [-0.3, -0.25) is 0 Å². The number of rotatable bonds is 2. The van der Waals surface area contributed by atoms with Gasteiger partial charge in [0.2, 0.25) is 0 Å². The van der Waals surface area contributed by atoms with Gasteiger partial charge in [-0.25, -0.2) is 4.79 Å². The highest BCUT2D eigenvalue weighted by Crippen LogP contribution is 2.19. The Morgan fingerprint density at radius 1 is 1.57 bits per heavy atom. The molecule has 0 bridgehead atoms. The van der Waals surface area contributed by atoms with Gasteiger partial charge in [-0.15, -0.1) is 0 Å². The number of nitrogens with one attached hydrogen (secondary N) is 2. The second-order valence-electron chi connectivity index (χ2n) is 3.87. The van der Waals surface area contributed by atoms with E-state index in [4.69, 9.17) is 0 Å². The van der Waals surface area contributed by atoms with Gasteiger partial charge in [-0.05, 0) is 26.0 Å². The number of H-pyrrole nitrogens is 1. The molecule has 2 rings (SSSR count). The van der Waals surface area contributed by atoms with Gasteiger partial charge in [-0.1, -0.05) is 0 Å². The standard InChI is InChI=1S/C10H15N3O/c1-7(2)13-6-9(12-10(13)14)8-4-3-5-11-8/h3-5,7,9,11H,6H2,1-2H3,(H,12,14). The number of hydrogen-bond donors (Lipinski definition) is 2. The fourth-order valence-corrected chi connectivity index (χ4v) is 1.74. The molecule has 0 saturated carbocycles. The molecule has 1 aliphatic heterocycles. The molecule has 0 radical (unpaired) electrons. The third-order valence-electron chi connectivity index (χ3n) is 2.56. The van der Waals surface area contributed by atoms with Crippen molar-refractivity contribution in [2.45, 2.75) is 25.9 Å². The summed E-state index contributed by atoms with van der Waals surface area (Å²) in [5.41, 5.74) is 1.07. The SMILES string of the molecule is CC(C)N1CC(c2ccc[nH]2)NC1=O. The molecule has 2 amide bonds. The van der Waals surface area contributed by atoms with E-state index in [1.54, 1.807) is 0 Å². The minimum Gasteiger partial charge on any atom is -0.363 e. The van der Waals surface area contributed by atoms with Crippen LogP contribution in [0.25, 0.3) is 0 Å². The average molecular weight is 193 g/mol. The zero-order valence-corrected chi connectivity index (χ0v) is 8.45. The van der Waals surface area contributed by atoms with E-state index in [0.717, 1.165) is 12.2 Å². The Kier molecular flexibility index (Phi) is 2.19. The van der Waals surface area contributed by atoms with Crippen LogP contribution in [0.2, 0.25) is 0 Å². The van der Waals surface area contributed by atoms with E-state index in [0.29, 0.717) is 0 Å². The summed E-state index contributed by atoms with van der Waals surface area (Å²) in [7, 11) is 0. The van der Waals surface area contributed by atoms with E-state index in [1.807, 2.05) is 37.1 Å². The minimum atomic E-state index is 0.0274. The van der Waals surface area contributed by atoms with Crippen LogP contribution in [-0.4, -0.2) is 28.5 Å². The van der Waals surface area contributed by atoms with Crippen molar-refractivity contribution in [3.63, 3.8) is 0 Å². The third-order valence-corrected chi connectivity index (χ3v) is 2.56. The number of urea groups is 1. The topological polar surface area (TPSA) is 48.1 Å². The van der Waals surface area contributed by atoms with E-state index in [-0.39, 0.29) is 18.1 Å². The molecule has 1 unspecified atom stereocenters. The summed E-state index contributed by atoms with van der Waals surface area (Å²) in [6, 6.07) is 4.34. The molecule has 1 saturated heterocycles. The molecule has 76 valence electrons. The Balaban J connectivity index is 2.10. The van der Waals surface area contributed by atoms with E-state index < -0.39 is 0 Å². The summed E-state index contributed by atoms with van der Waals surface area (Å²) < 4.78 is 0. The lowest BCUT2D eigenvalue weighted by molar-refractivity contribution is 0.206. The lowest BCUT2D eigenvalue weighted by atomic mass is 10.2. The summed E-state index contributed by atoms with van der Waals surface area (Å²) in [5, 5.41) is 2.94. The first kappa shape index (κ1) is 9.12. The molecule has 1 aromatic heterocycles. The number of aromatic amines is 1. The van der Waals surface area contributed by atoms with Crippen LogP contribution in [0.5, 0.6) is 0 Å². The fourth-order valence-electron chi connectivity index (χ4n) is 1.74. The van der Waals surface area contributed by atoms with Crippen molar-refractivity contribution in [3.8, 4) is 0 Å². The largest absolute Gasteiger partial charge is 0.363 e. The summed E-state index contributed by atoms with van der Waals surface area (Å²) in [5.74, 6) is 0. The van der Waals surface area contributed by atoms with Crippen LogP contribution in [0.3, 0.4) is 0 Å². The Morgan fingerprint density at radius 3 is 2.86 bits per heavy atom. The zero-order valence-electron chi connectivity index (χ0n) is 8.45. The van der Waals surface area contributed by atoms with Gasteiger partial charge >= 0.3 is 6.03 Å². The average Bonchev–Trinajstić information content (AvgIpc) is 2.70. The maximum absolute atomic E-state index is 11.5. The Bertz CT molecular complexity index is 318. The highest BCUT2D eigenvalue weighted by molar-refractivity contribution is 5.77. The van der Waals surface area contributed by atoms with Crippen molar-refractivity contribution < 1.29 is 4.79 Å². The molecule has 0 aliphatic carbocycles. The van der Waals surface area contributed by atoms with Crippen LogP contribution >= 0.6 is 0 Å².